The van der Waals surface area contributed by atoms with Crippen LogP contribution in [0.3, 0.4) is 0 Å². The Hall–Kier alpha value is -1.04. The van der Waals surface area contributed by atoms with Gasteiger partial charge in [0.1, 0.15) is 43.2 Å². The Labute approximate surface area is 358 Å². The van der Waals surface area contributed by atoms with Crippen molar-refractivity contribution in [1.29, 1.82) is 0 Å². The number of aliphatic hydroxyl groups excluding tert-OH is 4. The van der Waals surface area contributed by atoms with E-state index < -0.39 is 83.5 Å². The van der Waals surface area contributed by atoms with E-state index in [1.54, 1.807) is 0 Å². The number of carbonyl (C=O) groups is 2. The number of hydrogen-bond acceptors (Lipinski definition) is 14. The number of nitrogens with two attached hydrogens (primary N) is 1. The van der Waals surface area contributed by atoms with E-state index in [0.717, 1.165) is 64.3 Å². The molecule has 0 aliphatic heterocycles. The van der Waals surface area contributed by atoms with Crippen molar-refractivity contribution in [3.05, 3.63) is 0 Å². The number of phosphoric ester groups is 2. The number of unbranched alkanes of at least 4 members (excludes halogenated alkanes) is 24. The van der Waals surface area contributed by atoms with Crippen LogP contribution >= 0.6 is 15.6 Å². The lowest BCUT2D eigenvalue weighted by molar-refractivity contribution is -0.216. The first-order chi connectivity index (χ1) is 28.6. The normalized spacial score (nSPS) is 22.4. The molecule has 17 nitrogen and oxygen atoms in total. The quantitative estimate of drug-likeness (QED) is 0.0179. The maximum Gasteiger partial charge on any atom is 0.472 e. The van der Waals surface area contributed by atoms with Gasteiger partial charge >= 0.3 is 27.6 Å². The van der Waals surface area contributed by atoms with Crippen LogP contribution in [0, 0.1) is 0 Å². The molecule has 1 fully saturated rings. The maximum atomic E-state index is 12.9. The van der Waals surface area contributed by atoms with Gasteiger partial charge in [-0.3, -0.25) is 23.2 Å². The van der Waals surface area contributed by atoms with E-state index in [1.807, 2.05) is 0 Å². The van der Waals surface area contributed by atoms with Crippen LogP contribution in [0.5, 0.6) is 0 Å². The molecule has 1 aliphatic rings. The van der Waals surface area contributed by atoms with Crippen molar-refractivity contribution in [2.75, 3.05) is 19.8 Å². The summed E-state index contributed by atoms with van der Waals surface area (Å²) in [5.74, 6) is -1.20. The SMILES string of the molecule is CCCCCCCCCCCCCCCC(=O)O[C@@H](COC(=O)CCCCCCCCCCCCCCCN)COP(=O)(O)OC1C(O)[C@@H](OP(=O)(O)O)C(O)[C@@H](O)[C@H]1O. The highest BCUT2D eigenvalue weighted by molar-refractivity contribution is 7.47. The molecule has 0 heterocycles. The summed E-state index contributed by atoms with van der Waals surface area (Å²) in [6.45, 7) is 1.64. The fraction of sp³-hybridized carbons (Fsp3) is 0.951. The first-order valence-corrected chi connectivity index (χ1v) is 25.8. The lowest BCUT2D eigenvalue weighted by Crippen LogP contribution is -2.64. The molecular weight excluding hydrogens is 824 g/mol. The Kier molecular flexibility index (Phi) is 32.6. The molecule has 0 spiro atoms. The van der Waals surface area contributed by atoms with E-state index in [2.05, 4.69) is 11.4 Å². The second kappa shape index (κ2) is 34.4. The van der Waals surface area contributed by atoms with E-state index in [9.17, 15) is 44.0 Å². The predicted molar refractivity (Wildman–Crippen MR) is 226 cm³/mol. The highest BCUT2D eigenvalue weighted by Crippen LogP contribution is 2.49. The zero-order valence-electron chi connectivity index (χ0n) is 36.2. The molecule has 8 atom stereocenters. The van der Waals surface area contributed by atoms with Gasteiger partial charge in [-0.15, -0.1) is 0 Å². The van der Waals surface area contributed by atoms with Gasteiger partial charge in [-0.05, 0) is 25.8 Å². The standard InChI is InChI=1S/C41H81NO16P2/c1-2-3-4-5-6-7-8-10-14-17-20-23-26-29-35(44)56-33(31-54-34(43)28-25-22-19-16-13-11-9-12-15-18-21-24-27-30-42)32-55-60(52,53)58-41-38(47)36(45)37(46)40(39(41)48)57-59(49,50)51/h33,36-41,45-48H,2-32,42H2,1H3,(H,52,53)(H2,49,50,51)/t33-,36+,37?,38+,39?,40-,41?/m0/s1. The average Bonchev–Trinajstić information content (AvgIpc) is 3.20. The molecule has 1 aliphatic carbocycles. The van der Waals surface area contributed by atoms with Crippen molar-refractivity contribution in [2.45, 2.75) is 229 Å². The molecule has 4 unspecified atom stereocenters. The number of phosphoric acid groups is 2. The third-order valence-corrected chi connectivity index (χ3v) is 12.3. The molecule has 0 aromatic carbocycles. The molecule has 9 N–H and O–H groups in total. The van der Waals surface area contributed by atoms with E-state index in [0.29, 0.717) is 12.8 Å². The fourth-order valence-corrected chi connectivity index (χ4v) is 8.75. The van der Waals surface area contributed by atoms with Gasteiger partial charge in [0.25, 0.3) is 0 Å². The summed E-state index contributed by atoms with van der Waals surface area (Å²) < 4.78 is 49.3. The van der Waals surface area contributed by atoms with Crippen molar-refractivity contribution in [1.82, 2.24) is 0 Å². The molecule has 19 heteroatoms. The van der Waals surface area contributed by atoms with Crippen molar-refractivity contribution in [3.63, 3.8) is 0 Å². The first kappa shape index (κ1) is 57.0. The van der Waals surface area contributed by atoms with Crippen LogP contribution in [-0.2, 0) is 41.8 Å². The van der Waals surface area contributed by atoms with Crippen LogP contribution in [0.4, 0.5) is 0 Å². The molecule has 0 radical (unpaired) electrons. The van der Waals surface area contributed by atoms with Crippen LogP contribution in [0.25, 0.3) is 0 Å². The smallest absolute Gasteiger partial charge is 0.462 e. The minimum Gasteiger partial charge on any atom is -0.462 e. The summed E-state index contributed by atoms with van der Waals surface area (Å²) in [6.07, 6.45) is 14.4. The van der Waals surface area contributed by atoms with Gasteiger partial charge in [0.15, 0.2) is 6.10 Å². The summed E-state index contributed by atoms with van der Waals surface area (Å²) >= 11 is 0. The Morgan fingerprint density at radius 3 is 1.32 bits per heavy atom. The van der Waals surface area contributed by atoms with Crippen LogP contribution < -0.4 is 5.73 Å². The van der Waals surface area contributed by atoms with E-state index in [4.69, 9.17) is 34.0 Å². The van der Waals surface area contributed by atoms with Gasteiger partial charge in [-0.25, -0.2) is 9.13 Å². The monoisotopic (exact) mass is 906 g/mol. The van der Waals surface area contributed by atoms with Gasteiger partial charge in [-0.2, -0.15) is 0 Å². The summed E-state index contributed by atoms with van der Waals surface area (Å²) in [4.78, 5) is 54.1. The number of aliphatic hydroxyl groups is 4. The molecule has 0 bridgehead atoms. The van der Waals surface area contributed by atoms with Crippen LogP contribution in [0.1, 0.15) is 187 Å². The third-order valence-electron chi connectivity index (χ3n) is 10.8. The summed E-state index contributed by atoms with van der Waals surface area (Å²) in [5, 5.41) is 41.2. The topological polar surface area (TPSA) is 282 Å². The maximum absolute atomic E-state index is 12.9. The summed E-state index contributed by atoms with van der Waals surface area (Å²) in [7, 11) is -10.7. The van der Waals surface area contributed by atoms with Crippen LogP contribution in [-0.4, -0.2) is 110 Å². The Morgan fingerprint density at radius 1 is 0.517 bits per heavy atom. The fourth-order valence-electron chi connectivity index (χ4n) is 7.22. The zero-order valence-corrected chi connectivity index (χ0v) is 38.0. The highest BCUT2D eigenvalue weighted by atomic mass is 31.2. The number of esters is 2. The second-order valence-electron chi connectivity index (χ2n) is 16.3. The van der Waals surface area contributed by atoms with Gasteiger partial charge in [-0.1, -0.05) is 155 Å². The molecular formula is C41H81NO16P2. The third kappa shape index (κ3) is 28.6. The first-order valence-electron chi connectivity index (χ1n) is 22.8. The predicted octanol–water partition coefficient (Wildman–Crippen LogP) is 6.78. The molecule has 356 valence electrons. The molecule has 0 aromatic heterocycles. The summed E-state index contributed by atoms with van der Waals surface area (Å²) in [6, 6.07) is 0. The van der Waals surface area contributed by atoms with Gasteiger partial charge < -0.3 is 50.3 Å². The minimum atomic E-state index is -5.36. The minimum absolute atomic E-state index is 0.0480. The van der Waals surface area contributed by atoms with Crippen molar-refractivity contribution < 1.29 is 76.9 Å². The number of rotatable bonds is 39. The van der Waals surface area contributed by atoms with Crippen molar-refractivity contribution in [3.8, 4) is 0 Å². The molecule has 1 saturated carbocycles. The molecule has 1 rings (SSSR count). The summed E-state index contributed by atoms with van der Waals surface area (Å²) in [5.41, 5.74) is 5.53. The largest absolute Gasteiger partial charge is 0.472 e. The average molecular weight is 906 g/mol. The number of hydrogen-bond donors (Lipinski definition) is 8. The molecule has 0 saturated heterocycles. The van der Waals surface area contributed by atoms with E-state index >= 15 is 0 Å². The molecule has 0 aromatic rings. The Bertz CT molecular complexity index is 1200. The van der Waals surface area contributed by atoms with Gasteiger partial charge in [0.05, 0.1) is 6.61 Å². The number of ether oxygens (including phenoxy) is 2. The zero-order chi connectivity index (χ0) is 44.7. The lowest BCUT2D eigenvalue weighted by Gasteiger charge is -2.43. The molecule has 60 heavy (non-hydrogen) atoms. The Balaban J connectivity index is 2.60. The number of carbonyl (C=O) groups excluding carboxylic acids is 2. The van der Waals surface area contributed by atoms with Crippen LogP contribution in [0.2, 0.25) is 0 Å². The molecule has 0 amide bonds. The van der Waals surface area contributed by atoms with Gasteiger partial charge in [0.2, 0.25) is 0 Å². The highest BCUT2D eigenvalue weighted by Gasteiger charge is 2.54. The lowest BCUT2D eigenvalue weighted by atomic mass is 9.85. The van der Waals surface area contributed by atoms with Crippen molar-refractivity contribution >= 4 is 27.6 Å². The van der Waals surface area contributed by atoms with Crippen LogP contribution in [0.15, 0.2) is 0 Å². The second-order valence-corrected chi connectivity index (χ2v) is 18.9. The van der Waals surface area contributed by atoms with E-state index in [1.165, 1.54) is 96.3 Å². The van der Waals surface area contributed by atoms with Gasteiger partial charge in [0, 0.05) is 12.8 Å². The van der Waals surface area contributed by atoms with Crippen molar-refractivity contribution in [2.24, 2.45) is 5.73 Å². The van der Waals surface area contributed by atoms with E-state index in [-0.39, 0.29) is 12.8 Å². The Morgan fingerprint density at radius 2 is 0.900 bits per heavy atom.